The number of aliphatic hydroxyl groups excluding tert-OH is 1. The van der Waals surface area contributed by atoms with E-state index in [0.29, 0.717) is 13.0 Å². The highest BCUT2D eigenvalue weighted by atomic mass is 16.4. The number of hydrogen-bond donors (Lipinski definition) is 2. The molecule has 0 bridgehead atoms. The predicted molar refractivity (Wildman–Crippen MR) is 71.6 cm³/mol. The number of rotatable bonds is 4. The summed E-state index contributed by atoms with van der Waals surface area (Å²) in [6, 6.07) is 6.16. The molecule has 0 unspecified atom stereocenters. The molecule has 19 heavy (non-hydrogen) atoms. The number of carbonyl (C=O) groups is 1. The average Bonchev–Trinajstić information content (AvgIpc) is 2.37. The van der Waals surface area contributed by atoms with Crippen molar-refractivity contribution in [1.29, 1.82) is 0 Å². The van der Waals surface area contributed by atoms with E-state index in [1.165, 1.54) is 6.07 Å². The highest BCUT2D eigenvalue weighted by molar-refractivity contribution is 5.94. The number of pyridine rings is 1. The molecule has 0 saturated carbocycles. The van der Waals surface area contributed by atoms with Gasteiger partial charge >= 0.3 is 5.97 Å². The highest BCUT2D eigenvalue weighted by Crippen LogP contribution is 2.19. The van der Waals surface area contributed by atoms with E-state index in [0.717, 1.165) is 16.5 Å². The summed E-state index contributed by atoms with van der Waals surface area (Å²) < 4.78 is 1.58. The Kier molecular flexibility index (Phi) is 3.66. The van der Waals surface area contributed by atoms with Gasteiger partial charge in [-0.3, -0.25) is 4.79 Å². The number of aromatic carboxylic acids is 1. The molecule has 2 rings (SSSR count). The molecule has 0 radical (unpaired) electrons. The van der Waals surface area contributed by atoms with Crippen LogP contribution in [0.4, 0.5) is 0 Å². The standard InChI is InChI=1S/C14H15NO4/c1-9-7-11(14(18)19)8-10-3-4-12(17)15(13(9)10)5-2-6-16/h3-4,7-8,16H,2,5-6H2,1H3,(H,18,19). The molecule has 0 aliphatic carbocycles. The number of carboxylic acid groups (broad SMARTS) is 1. The largest absolute Gasteiger partial charge is 0.478 e. The van der Waals surface area contributed by atoms with E-state index in [4.69, 9.17) is 10.2 Å². The Bertz CT molecular complexity index is 688. The van der Waals surface area contributed by atoms with Gasteiger partial charge in [-0.25, -0.2) is 4.79 Å². The van der Waals surface area contributed by atoms with Gasteiger partial charge in [-0.15, -0.1) is 0 Å². The van der Waals surface area contributed by atoms with Crippen LogP contribution >= 0.6 is 0 Å². The van der Waals surface area contributed by atoms with Gasteiger partial charge in [0.05, 0.1) is 11.1 Å². The zero-order valence-electron chi connectivity index (χ0n) is 10.6. The number of hydrogen-bond acceptors (Lipinski definition) is 3. The topological polar surface area (TPSA) is 79.5 Å². The van der Waals surface area contributed by atoms with Crippen molar-refractivity contribution in [2.24, 2.45) is 0 Å². The summed E-state index contributed by atoms with van der Waals surface area (Å²) >= 11 is 0. The normalized spacial score (nSPS) is 10.8. The first-order valence-corrected chi connectivity index (χ1v) is 6.03. The zero-order valence-corrected chi connectivity index (χ0v) is 10.6. The van der Waals surface area contributed by atoms with Crippen LogP contribution in [0, 0.1) is 6.92 Å². The quantitative estimate of drug-likeness (QED) is 0.871. The molecule has 5 heteroatoms. The van der Waals surface area contributed by atoms with Gasteiger partial charge in [0.2, 0.25) is 0 Å². The monoisotopic (exact) mass is 261 g/mol. The summed E-state index contributed by atoms with van der Waals surface area (Å²) in [5, 5.41) is 18.6. The molecule has 0 spiro atoms. The number of aliphatic hydroxyl groups is 1. The fraction of sp³-hybridized carbons (Fsp3) is 0.286. The van der Waals surface area contributed by atoms with Gasteiger partial charge in [-0.1, -0.05) is 0 Å². The molecule has 1 aromatic heterocycles. The molecule has 0 amide bonds. The number of carboxylic acids is 1. The Morgan fingerprint density at radius 1 is 1.32 bits per heavy atom. The second kappa shape index (κ2) is 5.24. The zero-order chi connectivity index (χ0) is 14.0. The van der Waals surface area contributed by atoms with Crippen LogP contribution in [0.3, 0.4) is 0 Å². The minimum Gasteiger partial charge on any atom is -0.478 e. The second-order valence-corrected chi connectivity index (χ2v) is 4.44. The van der Waals surface area contributed by atoms with Gasteiger partial charge in [-0.05, 0) is 42.5 Å². The van der Waals surface area contributed by atoms with Gasteiger partial charge in [0.1, 0.15) is 0 Å². The number of benzene rings is 1. The van der Waals surface area contributed by atoms with E-state index in [9.17, 15) is 9.59 Å². The van der Waals surface area contributed by atoms with Crippen LogP contribution in [-0.2, 0) is 6.54 Å². The number of nitrogens with zero attached hydrogens (tertiary/aromatic N) is 1. The van der Waals surface area contributed by atoms with Crippen molar-refractivity contribution in [3.05, 3.63) is 45.7 Å². The number of aromatic nitrogens is 1. The van der Waals surface area contributed by atoms with E-state index in [1.54, 1.807) is 29.7 Å². The lowest BCUT2D eigenvalue weighted by atomic mass is 10.1. The van der Waals surface area contributed by atoms with Gasteiger partial charge in [0, 0.05) is 19.2 Å². The molecule has 2 aromatic rings. The molecular weight excluding hydrogens is 246 g/mol. The summed E-state index contributed by atoms with van der Waals surface area (Å²) in [4.78, 5) is 22.9. The van der Waals surface area contributed by atoms with Gasteiger partial charge in [0.15, 0.2) is 0 Å². The van der Waals surface area contributed by atoms with Crippen LogP contribution in [0.5, 0.6) is 0 Å². The van der Waals surface area contributed by atoms with E-state index < -0.39 is 5.97 Å². The Balaban J connectivity index is 2.71. The van der Waals surface area contributed by atoms with E-state index in [2.05, 4.69) is 0 Å². The molecule has 0 aliphatic rings. The molecule has 5 nitrogen and oxygen atoms in total. The van der Waals surface area contributed by atoms with E-state index in [-0.39, 0.29) is 17.7 Å². The number of aryl methyl sites for hydroxylation is 2. The Labute approximate surface area is 109 Å². The van der Waals surface area contributed by atoms with Crippen molar-refractivity contribution >= 4 is 16.9 Å². The molecule has 2 N–H and O–H groups in total. The molecular formula is C14H15NO4. The smallest absolute Gasteiger partial charge is 0.335 e. The fourth-order valence-electron chi connectivity index (χ4n) is 2.24. The highest BCUT2D eigenvalue weighted by Gasteiger charge is 2.10. The average molecular weight is 261 g/mol. The molecule has 0 atom stereocenters. The van der Waals surface area contributed by atoms with Crippen LogP contribution < -0.4 is 5.56 Å². The first kappa shape index (κ1) is 13.3. The van der Waals surface area contributed by atoms with Crippen molar-refractivity contribution in [3.63, 3.8) is 0 Å². The lowest BCUT2D eigenvalue weighted by molar-refractivity contribution is 0.0697. The van der Waals surface area contributed by atoms with Crippen molar-refractivity contribution in [3.8, 4) is 0 Å². The summed E-state index contributed by atoms with van der Waals surface area (Å²) in [5.74, 6) is -0.988. The molecule has 1 heterocycles. The molecule has 1 aromatic carbocycles. The van der Waals surface area contributed by atoms with E-state index in [1.807, 2.05) is 0 Å². The second-order valence-electron chi connectivity index (χ2n) is 4.44. The van der Waals surface area contributed by atoms with Crippen molar-refractivity contribution in [1.82, 2.24) is 4.57 Å². The van der Waals surface area contributed by atoms with Crippen LogP contribution in [0.2, 0.25) is 0 Å². The lowest BCUT2D eigenvalue weighted by Crippen LogP contribution is -2.20. The summed E-state index contributed by atoms with van der Waals surface area (Å²) in [6.45, 7) is 2.21. The van der Waals surface area contributed by atoms with E-state index >= 15 is 0 Å². The minimum atomic E-state index is -0.988. The van der Waals surface area contributed by atoms with Gasteiger partial charge < -0.3 is 14.8 Å². The summed E-state index contributed by atoms with van der Waals surface area (Å²) in [6.07, 6.45) is 0.485. The predicted octanol–water partition coefficient (Wildman–Crippen LogP) is 1.39. The maximum absolute atomic E-state index is 11.9. The third-order valence-corrected chi connectivity index (χ3v) is 3.06. The first-order chi connectivity index (χ1) is 9.04. The fourth-order valence-corrected chi connectivity index (χ4v) is 2.24. The Morgan fingerprint density at radius 3 is 2.68 bits per heavy atom. The van der Waals surface area contributed by atoms with Gasteiger partial charge in [-0.2, -0.15) is 0 Å². The molecule has 100 valence electrons. The van der Waals surface area contributed by atoms with Crippen LogP contribution in [0.1, 0.15) is 22.3 Å². The minimum absolute atomic E-state index is 0.00901. The lowest BCUT2D eigenvalue weighted by Gasteiger charge is -2.12. The maximum Gasteiger partial charge on any atom is 0.335 e. The van der Waals surface area contributed by atoms with Crippen LogP contribution in [0.25, 0.3) is 10.9 Å². The third kappa shape index (κ3) is 2.51. The molecule has 0 aliphatic heterocycles. The SMILES string of the molecule is Cc1cc(C(=O)O)cc2ccc(=O)n(CCCO)c12. The first-order valence-electron chi connectivity index (χ1n) is 6.03. The van der Waals surface area contributed by atoms with Crippen LogP contribution in [-0.4, -0.2) is 27.4 Å². The van der Waals surface area contributed by atoms with Crippen LogP contribution in [0.15, 0.2) is 29.1 Å². The van der Waals surface area contributed by atoms with Crippen molar-refractivity contribution in [2.45, 2.75) is 19.9 Å². The summed E-state index contributed by atoms with van der Waals surface area (Å²) in [5.41, 5.74) is 1.53. The Morgan fingerprint density at radius 2 is 2.05 bits per heavy atom. The number of fused-ring (bicyclic) bond motifs is 1. The molecule has 0 saturated heterocycles. The van der Waals surface area contributed by atoms with Crippen molar-refractivity contribution in [2.75, 3.05) is 6.61 Å². The molecule has 0 fully saturated rings. The van der Waals surface area contributed by atoms with Crippen molar-refractivity contribution < 1.29 is 15.0 Å². The Hall–Kier alpha value is -2.14. The van der Waals surface area contributed by atoms with Gasteiger partial charge in [0.25, 0.3) is 5.56 Å². The summed E-state index contributed by atoms with van der Waals surface area (Å²) in [7, 11) is 0. The third-order valence-electron chi connectivity index (χ3n) is 3.06. The maximum atomic E-state index is 11.9.